The highest BCUT2D eigenvalue weighted by Gasteiger charge is 2.13. The summed E-state index contributed by atoms with van der Waals surface area (Å²) in [5.41, 5.74) is 9.25. The number of benzene rings is 4. The minimum atomic E-state index is 0.810. The molecule has 0 fully saturated rings. The predicted molar refractivity (Wildman–Crippen MR) is 207 cm³/mol. The van der Waals surface area contributed by atoms with Gasteiger partial charge in [0.1, 0.15) is 0 Å². The zero-order chi connectivity index (χ0) is 34.2. The van der Waals surface area contributed by atoms with Crippen LogP contribution in [0.2, 0.25) is 0 Å². The van der Waals surface area contributed by atoms with Gasteiger partial charge in [0.2, 0.25) is 0 Å². The molecule has 0 atom stereocenters. The summed E-state index contributed by atoms with van der Waals surface area (Å²) in [7, 11) is 0. The summed E-state index contributed by atoms with van der Waals surface area (Å²) in [5, 5.41) is 0. The summed E-state index contributed by atoms with van der Waals surface area (Å²) in [6, 6.07) is 51.9. The number of hydrogen-bond donors (Lipinski definition) is 0. The standard InChI is InChI=1S/C36H27N7.C7H8/c1-4-22-37-31(7-1)25-40-28-10-16-34(17-11-28)43(35-18-12-29(13-19-35)41-26-32-8-2-5-23-38-32)36-20-14-30(15-21-36)42-27-33-9-3-6-24-39-33;1-7-5-3-2-4-6-7/h1-27H;2-6H,1H3. The Balaban J connectivity index is 0.000000552. The molecule has 7 aromatic rings. The molecule has 7 rings (SSSR count). The summed E-state index contributed by atoms with van der Waals surface area (Å²) < 4.78 is 0. The van der Waals surface area contributed by atoms with Gasteiger partial charge in [-0.15, -0.1) is 0 Å². The van der Waals surface area contributed by atoms with E-state index < -0.39 is 0 Å². The van der Waals surface area contributed by atoms with Gasteiger partial charge < -0.3 is 4.90 Å². The van der Waals surface area contributed by atoms with E-state index in [4.69, 9.17) is 0 Å². The van der Waals surface area contributed by atoms with Crippen molar-refractivity contribution in [1.82, 2.24) is 15.0 Å². The van der Waals surface area contributed by atoms with Gasteiger partial charge in [0.15, 0.2) is 0 Å². The Hall–Kier alpha value is -6.86. The van der Waals surface area contributed by atoms with Crippen LogP contribution in [0.1, 0.15) is 22.6 Å². The normalized spacial score (nSPS) is 11.1. The second-order valence-corrected chi connectivity index (χ2v) is 11.1. The SMILES string of the molecule is C(=Nc1ccc(N(c2ccc(N=Cc3ccccn3)cc2)c2ccc(N=Cc3ccccn3)cc2)cc1)c1ccccn1.Cc1ccccc1. The van der Waals surface area contributed by atoms with Crippen molar-refractivity contribution in [3.8, 4) is 0 Å². The van der Waals surface area contributed by atoms with Crippen molar-refractivity contribution in [2.75, 3.05) is 4.90 Å². The van der Waals surface area contributed by atoms with Crippen LogP contribution in [0, 0.1) is 6.92 Å². The van der Waals surface area contributed by atoms with Gasteiger partial charge in [0.25, 0.3) is 0 Å². The largest absolute Gasteiger partial charge is 0.310 e. The lowest BCUT2D eigenvalue weighted by molar-refractivity contribution is 1.27. The molecule has 4 aromatic carbocycles. The third kappa shape index (κ3) is 9.82. The number of rotatable bonds is 9. The number of aliphatic imine (C=N–C) groups is 3. The number of aryl methyl sites for hydroxylation is 1. The topological polar surface area (TPSA) is 79.0 Å². The van der Waals surface area contributed by atoms with Gasteiger partial charge in [-0.05, 0) is 116 Å². The van der Waals surface area contributed by atoms with E-state index in [1.807, 2.05) is 109 Å². The Morgan fingerprint density at radius 2 is 0.700 bits per heavy atom. The van der Waals surface area contributed by atoms with E-state index in [2.05, 4.69) is 90.3 Å². The molecule has 0 saturated heterocycles. The Morgan fingerprint density at radius 3 is 0.960 bits per heavy atom. The average molecular weight is 650 g/mol. The fourth-order valence-corrected chi connectivity index (χ4v) is 4.82. The lowest BCUT2D eigenvalue weighted by Gasteiger charge is -2.25. The predicted octanol–water partition coefficient (Wildman–Crippen LogP) is 10.6. The fourth-order valence-electron chi connectivity index (χ4n) is 4.82. The molecule has 0 aliphatic rings. The van der Waals surface area contributed by atoms with E-state index in [0.717, 1.165) is 51.2 Å². The quantitative estimate of drug-likeness (QED) is 0.146. The molecular formula is C43H35N7. The molecule has 0 N–H and O–H groups in total. The van der Waals surface area contributed by atoms with Gasteiger partial charge in [0, 0.05) is 35.7 Å². The van der Waals surface area contributed by atoms with Crippen molar-refractivity contribution in [3.05, 3.63) is 199 Å². The fraction of sp³-hybridized carbons (Fsp3) is 0.0233. The van der Waals surface area contributed by atoms with Crippen molar-refractivity contribution >= 4 is 52.8 Å². The number of nitrogens with zero attached hydrogens (tertiary/aromatic N) is 7. The van der Waals surface area contributed by atoms with Gasteiger partial charge >= 0.3 is 0 Å². The van der Waals surface area contributed by atoms with Crippen LogP contribution in [0.4, 0.5) is 34.1 Å². The molecule has 0 aliphatic carbocycles. The molecule has 3 aromatic heterocycles. The third-order valence-corrected chi connectivity index (χ3v) is 7.37. The number of hydrogen-bond acceptors (Lipinski definition) is 7. The molecule has 7 nitrogen and oxygen atoms in total. The highest BCUT2D eigenvalue weighted by atomic mass is 15.1. The van der Waals surface area contributed by atoms with Crippen LogP contribution in [0.5, 0.6) is 0 Å². The maximum absolute atomic E-state index is 4.59. The first-order valence-corrected chi connectivity index (χ1v) is 16.2. The van der Waals surface area contributed by atoms with Gasteiger partial charge in [0.05, 0.1) is 52.8 Å². The van der Waals surface area contributed by atoms with E-state index in [0.29, 0.717) is 0 Å². The van der Waals surface area contributed by atoms with E-state index in [-0.39, 0.29) is 0 Å². The molecule has 50 heavy (non-hydrogen) atoms. The number of anilines is 3. The third-order valence-electron chi connectivity index (χ3n) is 7.37. The molecule has 0 radical (unpaired) electrons. The van der Waals surface area contributed by atoms with Crippen LogP contribution in [0.3, 0.4) is 0 Å². The van der Waals surface area contributed by atoms with Crippen LogP contribution < -0.4 is 4.90 Å². The molecule has 242 valence electrons. The van der Waals surface area contributed by atoms with Crippen molar-refractivity contribution in [1.29, 1.82) is 0 Å². The lowest BCUT2D eigenvalue weighted by atomic mass is 10.1. The van der Waals surface area contributed by atoms with E-state index in [1.54, 1.807) is 37.2 Å². The van der Waals surface area contributed by atoms with E-state index in [1.165, 1.54) is 5.56 Å². The van der Waals surface area contributed by atoms with Gasteiger partial charge in [-0.2, -0.15) is 0 Å². The van der Waals surface area contributed by atoms with Crippen LogP contribution in [-0.2, 0) is 0 Å². The van der Waals surface area contributed by atoms with Crippen LogP contribution in [-0.4, -0.2) is 33.6 Å². The summed E-state index contributed by atoms with van der Waals surface area (Å²) >= 11 is 0. The Morgan fingerprint density at radius 1 is 0.380 bits per heavy atom. The molecule has 0 bridgehead atoms. The Labute approximate surface area is 292 Å². The summed E-state index contributed by atoms with van der Waals surface area (Å²) in [6.45, 7) is 2.08. The minimum Gasteiger partial charge on any atom is -0.310 e. The maximum atomic E-state index is 4.59. The van der Waals surface area contributed by atoms with Gasteiger partial charge in [-0.1, -0.05) is 54.1 Å². The second kappa shape index (κ2) is 17.3. The summed E-state index contributed by atoms with van der Waals surface area (Å²) in [4.78, 5) is 28.9. The molecule has 0 saturated carbocycles. The zero-order valence-corrected chi connectivity index (χ0v) is 27.6. The molecule has 0 spiro atoms. The molecule has 7 heteroatoms. The van der Waals surface area contributed by atoms with Crippen LogP contribution in [0.15, 0.2) is 191 Å². The number of aromatic nitrogens is 3. The summed E-state index contributed by atoms with van der Waals surface area (Å²) in [5.74, 6) is 0. The number of pyridine rings is 3. The van der Waals surface area contributed by atoms with Crippen LogP contribution in [0.25, 0.3) is 0 Å². The first-order chi connectivity index (χ1) is 24.7. The van der Waals surface area contributed by atoms with Crippen molar-refractivity contribution < 1.29 is 0 Å². The first-order valence-electron chi connectivity index (χ1n) is 16.2. The Kier molecular flexibility index (Phi) is 11.5. The smallest absolute Gasteiger partial charge is 0.0812 e. The zero-order valence-electron chi connectivity index (χ0n) is 27.6. The molecule has 0 amide bonds. The van der Waals surface area contributed by atoms with Crippen molar-refractivity contribution in [2.45, 2.75) is 6.92 Å². The minimum absolute atomic E-state index is 0.810. The molecule has 0 unspecified atom stereocenters. The van der Waals surface area contributed by atoms with Crippen molar-refractivity contribution in [3.63, 3.8) is 0 Å². The Bertz CT molecular complexity index is 1890. The van der Waals surface area contributed by atoms with E-state index >= 15 is 0 Å². The highest BCUT2D eigenvalue weighted by Crippen LogP contribution is 2.37. The first kappa shape index (κ1) is 33.1. The highest BCUT2D eigenvalue weighted by molar-refractivity contribution is 5.83. The second-order valence-electron chi connectivity index (χ2n) is 11.1. The molecular weight excluding hydrogens is 615 g/mol. The van der Waals surface area contributed by atoms with Gasteiger partial charge in [-0.25, -0.2) is 0 Å². The van der Waals surface area contributed by atoms with Gasteiger partial charge in [-0.3, -0.25) is 29.9 Å². The lowest BCUT2D eigenvalue weighted by Crippen LogP contribution is -2.09. The maximum Gasteiger partial charge on any atom is 0.0812 e. The summed E-state index contributed by atoms with van der Waals surface area (Å²) in [6.07, 6.45) is 10.6. The van der Waals surface area contributed by atoms with Crippen molar-refractivity contribution in [2.24, 2.45) is 15.0 Å². The molecule has 0 aliphatic heterocycles. The van der Waals surface area contributed by atoms with Crippen LogP contribution >= 0.6 is 0 Å². The average Bonchev–Trinajstić information content (AvgIpc) is 3.19. The molecule has 3 heterocycles. The van der Waals surface area contributed by atoms with E-state index in [9.17, 15) is 0 Å². The monoisotopic (exact) mass is 649 g/mol.